The van der Waals surface area contributed by atoms with E-state index in [4.69, 9.17) is 16.3 Å². The molecule has 0 saturated heterocycles. The molecule has 2 aromatic carbocycles. The Morgan fingerprint density at radius 3 is 2.68 bits per heavy atom. The van der Waals surface area contributed by atoms with Crippen molar-refractivity contribution in [2.75, 3.05) is 13.2 Å². The van der Waals surface area contributed by atoms with Gasteiger partial charge in [0.1, 0.15) is 12.4 Å². The molecule has 22 heavy (non-hydrogen) atoms. The van der Waals surface area contributed by atoms with E-state index in [-0.39, 0.29) is 5.91 Å². The Morgan fingerprint density at radius 2 is 1.95 bits per heavy atom. The number of hydrogen-bond acceptors (Lipinski definition) is 2. The van der Waals surface area contributed by atoms with E-state index in [1.54, 1.807) is 6.07 Å². The average molecular weight is 383 g/mol. The second kappa shape index (κ2) is 8.20. The van der Waals surface area contributed by atoms with Crippen molar-refractivity contribution >= 4 is 33.4 Å². The number of ether oxygens (including phenoxy) is 1. The number of carbonyl (C=O) groups excluding carboxylic acids is 1. The fraction of sp³-hybridized carbons (Fsp3) is 0.235. The molecule has 0 fully saturated rings. The van der Waals surface area contributed by atoms with Crippen LogP contribution in [0.25, 0.3) is 0 Å². The molecular formula is C17H17BrClNO2. The third-order valence-corrected chi connectivity index (χ3v) is 3.89. The first-order chi connectivity index (χ1) is 10.5. The minimum atomic E-state index is -0.0266. The third kappa shape index (κ3) is 5.35. The van der Waals surface area contributed by atoms with E-state index in [0.717, 1.165) is 15.6 Å². The van der Waals surface area contributed by atoms with Gasteiger partial charge in [0.25, 0.3) is 0 Å². The molecule has 5 heteroatoms. The van der Waals surface area contributed by atoms with Crippen molar-refractivity contribution < 1.29 is 9.53 Å². The highest BCUT2D eigenvalue weighted by atomic mass is 79.9. The molecule has 0 saturated carbocycles. The minimum absolute atomic E-state index is 0.0266. The number of carbonyl (C=O) groups is 1. The molecule has 1 amide bonds. The summed E-state index contributed by atoms with van der Waals surface area (Å²) in [6.07, 6.45) is 0.360. The van der Waals surface area contributed by atoms with E-state index < -0.39 is 0 Å². The summed E-state index contributed by atoms with van der Waals surface area (Å²) >= 11 is 9.41. The molecule has 0 aliphatic heterocycles. The molecule has 0 bridgehead atoms. The quantitative estimate of drug-likeness (QED) is 0.762. The largest absolute Gasteiger partial charge is 0.490 e. The summed E-state index contributed by atoms with van der Waals surface area (Å²) in [6.45, 7) is 2.80. The fourth-order valence-electron chi connectivity index (χ4n) is 1.92. The molecular weight excluding hydrogens is 366 g/mol. The summed E-state index contributed by atoms with van der Waals surface area (Å²) < 4.78 is 6.58. The van der Waals surface area contributed by atoms with Crippen LogP contribution in [-0.4, -0.2) is 19.1 Å². The minimum Gasteiger partial charge on any atom is -0.490 e. The van der Waals surface area contributed by atoms with Gasteiger partial charge in [0.2, 0.25) is 5.91 Å². The maximum atomic E-state index is 11.8. The summed E-state index contributed by atoms with van der Waals surface area (Å²) in [5, 5.41) is 3.41. The smallest absolute Gasteiger partial charge is 0.224 e. The molecule has 1 N–H and O–H groups in total. The maximum Gasteiger partial charge on any atom is 0.224 e. The van der Waals surface area contributed by atoms with Gasteiger partial charge in [0.15, 0.2) is 0 Å². The SMILES string of the molecule is Cc1ccc(Cl)c(OCCNC(=O)Cc2ccc(Br)cc2)c1. The van der Waals surface area contributed by atoms with Crippen LogP contribution < -0.4 is 10.1 Å². The standard InChI is InChI=1S/C17H17BrClNO2/c1-12-2-7-15(19)16(10-12)22-9-8-20-17(21)11-13-3-5-14(18)6-4-13/h2-7,10H,8-9,11H2,1H3,(H,20,21). The number of rotatable bonds is 6. The Morgan fingerprint density at radius 1 is 1.23 bits per heavy atom. The van der Waals surface area contributed by atoms with Gasteiger partial charge in [-0.05, 0) is 42.3 Å². The first kappa shape index (κ1) is 16.8. The summed E-state index contributed by atoms with van der Waals surface area (Å²) in [5.74, 6) is 0.616. The van der Waals surface area contributed by atoms with Crippen LogP contribution in [0.1, 0.15) is 11.1 Å². The zero-order valence-electron chi connectivity index (χ0n) is 12.2. The molecule has 0 spiro atoms. The molecule has 0 aromatic heterocycles. The van der Waals surface area contributed by atoms with Crippen molar-refractivity contribution in [3.05, 3.63) is 63.1 Å². The van der Waals surface area contributed by atoms with Gasteiger partial charge in [-0.15, -0.1) is 0 Å². The molecule has 3 nitrogen and oxygen atoms in total. The van der Waals surface area contributed by atoms with E-state index in [0.29, 0.717) is 30.3 Å². The van der Waals surface area contributed by atoms with Crippen LogP contribution in [0.5, 0.6) is 5.75 Å². The molecule has 0 heterocycles. The van der Waals surface area contributed by atoms with Crippen LogP contribution in [0.3, 0.4) is 0 Å². The Bertz CT molecular complexity index is 644. The summed E-state index contributed by atoms with van der Waals surface area (Å²) in [4.78, 5) is 11.8. The predicted molar refractivity (Wildman–Crippen MR) is 92.5 cm³/mol. The van der Waals surface area contributed by atoms with Crippen molar-refractivity contribution in [3.8, 4) is 5.75 Å². The van der Waals surface area contributed by atoms with E-state index in [2.05, 4.69) is 21.2 Å². The van der Waals surface area contributed by atoms with Gasteiger partial charge in [0.05, 0.1) is 18.0 Å². The normalized spacial score (nSPS) is 10.3. The van der Waals surface area contributed by atoms with Crippen LogP contribution in [0.2, 0.25) is 5.02 Å². The summed E-state index contributed by atoms with van der Waals surface area (Å²) in [5.41, 5.74) is 2.06. The van der Waals surface area contributed by atoms with E-state index in [1.165, 1.54) is 0 Å². The van der Waals surface area contributed by atoms with Crippen molar-refractivity contribution in [3.63, 3.8) is 0 Å². The second-order valence-electron chi connectivity index (χ2n) is 4.94. The van der Waals surface area contributed by atoms with Crippen molar-refractivity contribution in [1.29, 1.82) is 0 Å². The molecule has 0 unspecified atom stereocenters. The molecule has 2 aromatic rings. The second-order valence-corrected chi connectivity index (χ2v) is 6.26. The highest BCUT2D eigenvalue weighted by Crippen LogP contribution is 2.24. The number of amides is 1. The molecule has 0 aliphatic carbocycles. The molecule has 0 radical (unpaired) electrons. The average Bonchev–Trinajstić information content (AvgIpc) is 2.49. The number of nitrogens with one attached hydrogen (secondary N) is 1. The number of aryl methyl sites for hydroxylation is 1. The Hall–Kier alpha value is -1.52. The lowest BCUT2D eigenvalue weighted by molar-refractivity contribution is -0.120. The van der Waals surface area contributed by atoms with Gasteiger partial charge in [-0.1, -0.05) is 45.7 Å². The van der Waals surface area contributed by atoms with Crippen molar-refractivity contribution in [2.24, 2.45) is 0 Å². The van der Waals surface area contributed by atoms with Crippen LogP contribution in [0, 0.1) is 6.92 Å². The lowest BCUT2D eigenvalue weighted by Gasteiger charge is -2.10. The van der Waals surface area contributed by atoms with Gasteiger partial charge in [-0.25, -0.2) is 0 Å². The van der Waals surface area contributed by atoms with Crippen molar-refractivity contribution in [2.45, 2.75) is 13.3 Å². The van der Waals surface area contributed by atoms with Crippen molar-refractivity contribution in [1.82, 2.24) is 5.32 Å². The third-order valence-electron chi connectivity index (χ3n) is 3.05. The highest BCUT2D eigenvalue weighted by molar-refractivity contribution is 9.10. The molecule has 116 valence electrons. The fourth-order valence-corrected chi connectivity index (χ4v) is 2.36. The Kier molecular flexibility index (Phi) is 6.28. The molecule has 0 aliphatic rings. The van der Waals surface area contributed by atoms with Crippen LogP contribution >= 0.6 is 27.5 Å². The maximum absolute atomic E-state index is 11.8. The van der Waals surface area contributed by atoms with E-state index in [1.807, 2.05) is 43.3 Å². The van der Waals surface area contributed by atoms with Gasteiger partial charge in [0, 0.05) is 4.47 Å². The van der Waals surface area contributed by atoms with E-state index in [9.17, 15) is 4.79 Å². The van der Waals surface area contributed by atoms with Crippen LogP contribution in [0.15, 0.2) is 46.9 Å². The number of hydrogen-bond donors (Lipinski definition) is 1. The Balaban J connectivity index is 1.73. The topological polar surface area (TPSA) is 38.3 Å². The lowest BCUT2D eigenvalue weighted by atomic mass is 10.1. The Labute approximate surface area is 143 Å². The van der Waals surface area contributed by atoms with Gasteiger partial charge in [-0.2, -0.15) is 0 Å². The zero-order valence-corrected chi connectivity index (χ0v) is 14.6. The monoisotopic (exact) mass is 381 g/mol. The number of halogens is 2. The predicted octanol–water partition coefficient (Wildman–Crippen LogP) is 4.15. The van der Waals surface area contributed by atoms with Crippen LogP contribution in [-0.2, 0) is 11.2 Å². The molecule has 2 rings (SSSR count). The number of benzene rings is 2. The van der Waals surface area contributed by atoms with Gasteiger partial charge in [-0.3, -0.25) is 4.79 Å². The molecule has 0 atom stereocenters. The highest BCUT2D eigenvalue weighted by Gasteiger charge is 2.04. The first-order valence-electron chi connectivity index (χ1n) is 6.94. The summed E-state index contributed by atoms with van der Waals surface area (Å²) in [7, 11) is 0. The van der Waals surface area contributed by atoms with Gasteiger partial charge < -0.3 is 10.1 Å². The lowest BCUT2D eigenvalue weighted by Crippen LogP contribution is -2.29. The zero-order chi connectivity index (χ0) is 15.9. The van der Waals surface area contributed by atoms with Gasteiger partial charge >= 0.3 is 0 Å². The van der Waals surface area contributed by atoms with Crippen LogP contribution in [0.4, 0.5) is 0 Å². The van der Waals surface area contributed by atoms with E-state index >= 15 is 0 Å². The first-order valence-corrected chi connectivity index (χ1v) is 8.12. The summed E-state index contributed by atoms with van der Waals surface area (Å²) in [6, 6.07) is 13.3.